The molecule has 2 heterocycles. The zero-order chi connectivity index (χ0) is 12.3. The lowest BCUT2D eigenvalue weighted by atomic mass is 10.3. The van der Waals surface area contributed by atoms with Gasteiger partial charge in [0.1, 0.15) is 10.8 Å². The Bertz CT molecular complexity index is 398. The Balaban J connectivity index is 2.11. The minimum atomic E-state index is 0.0854. The molecule has 0 saturated carbocycles. The van der Waals surface area contributed by atoms with Gasteiger partial charge in [0.15, 0.2) is 0 Å². The first-order valence-corrected chi connectivity index (χ1v) is 6.56. The van der Waals surface area contributed by atoms with Crippen LogP contribution in [0.15, 0.2) is 0 Å². The first-order chi connectivity index (χ1) is 8.20. The minimum Gasteiger partial charge on any atom is -0.383 e. The van der Waals surface area contributed by atoms with Gasteiger partial charge in [-0.2, -0.15) is 0 Å². The maximum absolute atomic E-state index is 7.53. The number of nitrogen functional groups attached to an aromatic ring is 1. The molecule has 3 N–H and O–H groups in total. The number of likely N-dealkylation sites (tertiary alicyclic amines) is 1. The quantitative estimate of drug-likeness (QED) is 0.611. The Hall–Kier alpha value is -0.980. The number of hydrogen-bond donors (Lipinski definition) is 2. The first kappa shape index (κ1) is 12.5. The Kier molecular flexibility index (Phi) is 4.09. The molecule has 17 heavy (non-hydrogen) atoms. The van der Waals surface area contributed by atoms with Crippen molar-refractivity contribution in [2.24, 2.45) is 5.73 Å². The average molecular weight is 254 g/mol. The highest BCUT2D eigenvalue weighted by molar-refractivity contribution is 7.13. The summed E-state index contributed by atoms with van der Waals surface area (Å²) < 4.78 is 5.08. The minimum absolute atomic E-state index is 0.0854. The summed E-state index contributed by atoms with van der Waals surface area (Å²) in [5.41, 5.74) is 6.34. The lowest BCUT2D eigenvalue weighted by Gasteiger charge is -2.11. The van der Waals surface area contributed by atoms with Gasteiger partial charge in [0.05, 0.1) is 23.7 Å². The van der Waals surface area contributed by atoms with Crippen LogP contribution in [0.1, 0.15) is 28.4 Å². The van der Waals surface area contributed by atoms with Gasteiger partial charge in [-0.15, -0.1) is 11.3 Å². The van der Waals surface area contributed by atoms with Crippen molar-refractivity contribution in [1.82, 2.24) is 9.88 Å². The van der Waals surface area contributed by atoms with Crippen LogP contribution in [-0.2, 0) is 17.9 Å². The number of methoxy groups -OCH3 is 1. The molecule has 0 radical (unpaired) electrons. The maximum Gasteiger partial charge on any atom is 0.135 e. The second kappa shape index (κ2) is 5.57. The third-order valence-electron chi connectivity index (χ3n) is 2.82. The van der Waals surface area contributed by atoms with Gasteiger partial charge in [0.2, 0.25) is 0 Å². The van der Waals surface area contributed by atoms with Crippen molar-refractivity contribution in [3.05, 3.63) is 15.6 Å². The van der Waals surface area contributed by atoms with E-state index in [1.165, 1.54) is 24.2 Å². The summed E-state index contributed by atoms with van der Waals surface area (Å²) in [4.78, 5) is 7.65. The lowest BCUT2D eigenvalue weighted by Crippen LogP contribution is -2.18. The van der Waals surface area contributed by atoms with Gasteiger partial charge in [-0.25, -0.2) is 4.98 Å². The average Bonchev–Trinajstić information content (AvgIpc) is 2.89. The number of nitrogens with zero attached hydrogens (tertiary/aromatic N) is 2. The monoisotopic (exact) mass is 254 g/mol. The fourth-order valence-corrected chi connectivity index (χ4v) is 3.02. The molecule has 0 spiro atoms. The molecule has 5 nitrogen and oxygen atoms in total. The zero-order valence-electron chi connectivity index (χ0n) is 10.0. The van der Waals surface area contributed by atoms with Crippen molar-refractivity contribution < 1.29 is 4.74 Å². The number of rotatable bonds is 5. The summed E-state index contributed by atoms with van der Waals surface area (Å²) in [6.45, 7) is 3.59. The predicted molar refractivity (Wildman–Crippen MR) is 68.4 cm³/mol. The summed E-state index contributed by atoms with van der Waals surface area (Å²) in [5, 5.41) is 8.56. The van der Waals surface area contributed by atoms with Crippen LogP contribution in [0.25, 0.3) is 0 Å². The molecule has 0 atom stereocenters. The molecule has 0 bridgehead atoms. The van der Waals surface area contributed by atoms with Crippen LogP contribution in [0, 0.1) is 5.41 Å². The standard InChI is InChI=1S/C11H18N4OS/c1-16-7-8-10(11(12)13)17-9(14-8)6-15-4-2-3-5-15/h2-7H2,1H3,(H3,12,13). The molecule has 6 heteroatoms. The number of thiazole rings is 1. The molecule has 0 amide bonds. The number of aromatic nitrogens is 1. The Morgan fingerprint density at radius 3 is 2.82 bits per heavy atom. The molecule has 1 aromatic heterocycles. The fraction of sp³-hybridized carbons (Fsp3) is 0.636. The van der Waals surface area contributed by atoms with E-state index in [1.807, 2.05) is 0 Å². The molecular formula is C11H18N4OS. The number of hydrogen-bond acceptors (Lipinski definition) is 5. The predicted octanol–water partition coefficient (Wildman–Crippen LogP) is 1.17. The van der Waals surface area contributed by atoms with Gasteiger partial charge in [-0.05, 0) is 25.9 Å². The summed E-state index contributed by atoms with van der Waals surface area (Å²) in [6.07, 6.45) is 2.55. The molecule has 1 aliphatic heterocycles. The highest BCUT2D eigenvalue weighted by atomic mass is 32.1. The van der Waals surface area contributed by atoms with Crippen LogP contribution in [-0.4, -0.2) is 35.9 Å². The smallest absolute Gasteiger partial charge is 0.135 e. The Morgan fingerprint density at radius 2 is 2.24 bits per heavy atom. The molecule has 0 aromatic carbocycles. The number of nitrogens with two attached hydrogens (primary N) is 1. The SMILES string of the molecule is COCc1nc(CN2CCCC2)sc1C(=N)N. The van der Waals surface area contributed by atoms with E-state index in [0.717, 1.165) is 35.2 Å². The Labute approximate surface area is 105 Å². The molecule has 1 fully saturated rings. The van der Waals surface area contributed by atoms with E-state index in [1.54, 1.807) is 7.11 Å². The van der Waals surface area contributed by atoms with Crippen molar-refractivity contribution >= 4 is 17.2 Å². The van der Waals surface area contributed by atoms with Crippen molar-refractivity contribution in [3.8, 4) is 0 Å². The highest BCUT2D eigenvalue weighted by Crippen LogP contribution is 2.21. The largest absolute Gasteiger partial charge is 0.383 e. The van der Waals surface area contributed by atoms with Crippen LogP contribution in [0.3, 0.4) is 0 Å². The molecule has 1 aromatic rings. The van der Waals surface area contributed by atoms with Crippen molar-refractivity contribution in [2.75, 3.05) is 20.2 Å². The summed E-state index contributed by atoms with van der Waals surface area (Å²) in [7, 11) is 1.63. The molecule has 94 valence electrons. The van der Waals surface area contributed by atoms with E-state index in [2.05, 4.69) is 9.88 Å². The van der Waals surface area contributed by atoms with Gasteiger partial charge in [0, 0.05) is 7.11 Å². The van der Waals surface area contributed by atoms with Crippen LogP contribution in [0.4, 0.5) is 0 Å². The molecule has 0 unspecified atom stereocenters. The van der Waals surface area contributed by atoms with Crippen molar-refractivity contribution in [3.63, 3.8) is 0 Å². The molecule has 1 saturated heterocycles. The van der Waals surface area contributed by atoms with E-state index >= 15 is 0 Å². The van der Waals surface area contributed by atoms with Gasteiger partial charge >= 0.3 is 0 Å². The van der Waals surface area contributed by atoms with E-state index < -0.39 is 0 Å². The molecule has 1 aliphatic rings. The third-order valence-corrected chi connectivity index (χ3v) is 3.94. The van der Waals surface area contributed by atoms with E-state index in [4.69, 9.17) is 15.9 Å². The second-order valence-electron chi connectivity index (χ2n) is 4.21. The Morgan fingerprint density at radius 1 is 1.53 bits per heavy atom. The van der Waals surface area contributed by atoms with E-state index in [0.29, 0.717) is 6.61 Å². The van der Waals surface area contributed by atoms with Crippen LogP contribution in [0.2, 0.25) is 0 Å². The van der Waals surface area contributed by atoms with Gasteiger partial charge in [0.25, 0.3) is 0 Å². The number of amidine groups is 1. The van der Waals surface area contributed by atoms with Crippen molar-refractivity contribution in [2.45, 2.75) is 26.0 Å². The van der Waals surface area contributed by atoms with Crippen molar-refractivity contribution in [1.29, 1.82) is 5.41 Å². The number of ether oxygens (including phenoxy) is 1. The summed E-state index contributed by atoms with van der Waals surface area (Å²) in [5.74, 6) is 0.0854. The number of nitrogens with one attached hydrogen (secondary N) is 1. The lowest BCUT2D eigenvalue weighted by molar-refractivity contribution is 0.181. The van der Waals surface area contributed by atoms with Gasteiger partial charge < -0.3 is 10.5 Å². The fourth-order valence-electron chi connectivity index (χ4n) is 2.05. The molecule has 0 aliphatic carbocycles. The van der Waals surface area contributed by atoms with Gasteiger partial charge in [-0.3, -0.25) is 10.3 Å². The third kappa shape index (κ3) is 3.02. The van der Waals surface area contributed by atoms with Crippen LogP contribution >= 0.6 is 11.3 Å². The van der Waals surface area contributed by atoms with E-state index in [-0.39, 0.29) is 5.84 Å². The van der Waals surface area contributed by atoms with E-state index in [9.17, 15) is 0 Å². The topological polar surface area (TPSA) is 75.2 Å². The zero-order valence-corrected chi connectivity index (χ0v) is 10.8. The van der Waals surface area contributed by atoms with Crippen LogP contribution < -0.4 is 5.73 Å². The summed E-state index contributed by atoms with van der Waals surface area (Å²) in [6, 6.07) is 0. The van der Waals surface area contributed by atoms with Crippen LogP contribution in [0.5, 0.6) is 0 Å². The first-order valence-electron chi connectivity index (χ1n) is 5.75. The normalized spacial score (nSPS) is 16.5. The summed E-state index contributed by atoms with van der Waals surface area (Å²) >= 11 is 1.51. The molecular weight excluding hydrogens is 236 g/mol. The van der Waals surface area contributed by atoms with Gasteiger partial charge in [-0.1, -0.05) is 0 Å². The second-order valence-corrected chi connectivity index (χ2v) is 5.30. The highest BCUT2D eigenvalue weighted by Gasteiger charge is 2.17. The molecule has 2 rings (SSSR count). The maximum atomic E-state index is 7.53.